The molecule has 2 aromatic rings. The van der Waals surface area contributed by atoms with Crippen LogP contribution in [0.1, 0.15) is 46.6 Å². The van der Waals surface area contributed by atoms with Crippen LogP contribution in [0.15, 0.2) is 30.3 Å². The summed E-state index contributed by atoms with van der Waals surface area (Å²) in [6.07, 6.45) is 2.37. The second-order valence-corrected chi connectivity index (χ2v) is 7.17. The molecule has 5 heteroatoms. The van der Waals surface area contributed by atoms with Crippen LogP contribution in [0.5, 0.6) is 5.75 Å². The lowest BCUT2D eigenvalue weighted by atomic mass is 10.0. The molecule has 0 aromatic heterocycles. The smallest absolute Gasteiger partial charge is 0.263 e. The van der Waals surface area contributed by atoms with Crippen LogP contribution in [-0.4, -0.2) is 12.0 Å². The molecule has 1 aliphatic rings. The van der Waals surface area contributed by atoms with Gasteiger partial charge in [0.1, 0.15) is 12.4 Å². The first-order valence-electron chi connectivity index (χ1n) is 8.81. The number of thiocarbonyl (C=S) groups is 1. The number of halogens is 1. The lowest BCUT2D eigenvalue weighted by molar-refractivity contribution is 0.184. The first-order valence-corrected chi connectivity index (χ1v) is 9.22. The van der Waals surface area contributed by atoms with Gasteiger partial charge in [0.05, 0.1) is 0 Å². The summed E-state index contributed by atoms with van der Waals surface area (Å²) in [7, 11) is 0. The molecule has 1 saturated carbocycles. The third-order valence-corrected chi connectivity index (χ3v) is 5.04. The van der Waals surface area contributed by atoms with Crippen molar-refractivity contribution in [3.05, 3.63) is 58.1 Å². The Morgan fingerprint density at radius 3 is 2.58 bits per heavy atom. The molecule has 138 valence electrons. The topological polar surface area (TPSA) is 30.5 Å². The molecule has 3 nitrogen and oxygen atoms in total. The van der Waals surface area contributed by atoms with Crippen LogP contribution >= 0.6 is 12.2 Å². The lowest BCUT2D eigenvalue weighted by Gasteiger charge is -2.18. The lowest BCUT2D eigenvalue weighted by Crippen LogP contribution is -2.15. The molecule has 0 atom stereocenters. The maximum Gasteiger partial charge on any atom is 0.263 e. The summed E-state index contributed by atoms with van der Waals surface area (Å²) in [6.45, 7) is 5.72. The van der Waals surface area contributed by atoms with Gasteiger partial charge in [0, 0.05) is 11.3 Å². The van der Waals surface area contributed by atoms with E-state index < -0.39 is 6.86 Å². The zero-order valence-electron chi connectivity index (χ0n) is 15.4. The Kier molecular flexibility index (Phi) is 5.77. The molecule has 0 saturated heterocycles. The van der Waals surface area contributed by atoms with E-state index in [2.05, 4.69) is 44.3 Å². The summed E-state index contributed by atoms with van der Waals surface area (Å²) in [4.78, 5) is 0. The van der Waals surface area contributed by atoms with E-state index in [9.17, 15) is 4.39 Å². The number of ether oxygens (including phenoxy) is 2. The summed E-state index contributed by atoms with van der Waals surface area (Å²) < 4.78 is 23.3. The third kappa shape index (κ3) is 4.33. The van der Waals surface area contributed by atoms with Crippen LogP contribution in [0.3, 0.4) is 0 Å². The van der Waals surface area contributed by atoms with Gasteiger partial charge < -0.3 is 14.8 Å². The van der Waals surface area contributed by atoms with Gasteiger partial charge >= 0.3 is 0 Å². The zero-order chi connectivity index (χ0) is 18.7. The number of alkyl halides is 1. The molecule has 2 aromatic carbocycles. The molecule has 0 unspecified atom stereocenters. The van der Waals surface area contributed by atoms with Gasteiger partial charge in [-0.3, -0.25) is 0 Å². The first-order chi connectivity index (χ1) is 12.5. The second kappa shape index (κ2) is 8.04. The highest BCUT2D eigenvalue weighted by molar-refractivity contribution is 7.80. The quantitative estimate of drug-likeness (QED) is 0.657. The van der Waals surface area contributed by atoms with Crippen molar-refractivity contribution in [3.8, 4) is 5.75 Å². The van der Waals surface area contributed by atoms with Crippen LogP contribution in [0.25, 0.3) is 0 Å². The predicted molar refractivity (Wildman–Crippen MR) is 107 cm³/mol. The Morgan fingerprint density at radius 1 is 1.15 bits per heavy atom. The van der Waals surface area contributed by atoms with Gasteiger partial charge in [0.2, 0.25) is 6.86 Å². The SMILES string of the molecule is Cc1cc(C)c(OCc2c(NC(=S)OCF)cccc2C2CC2)cc1C. The molecule has 0 radical (unpaired) electrons. The Morgan fingerprint density at radius 2 is 1.88 bits per heavy atom. The summed E-state index contributed by atoms with van der Waals surface area (Å²) in [6, 6.07) is 10.3. The number of nitrogens with one attached hydrogen (secondary N) is 1. The van der Waals surface area contributed by atoms with Crippen LogP contribution in [0, 0.1) is 20.8 Å². The maximum absolute atomic E-state index is 12.4. The second-order valence-electron chi connectivity index (χ2n) is 6.80. The summed E-state index contributed by atoms with van der Waals surface area (Å²) >= 11 is 5.04. The number of benzene rings is 2. The van der Waals surface area contributed by atoms with Crippen molar-refractivity contribution < 1.29 is 13.9 Å². The average Bonchev–Trinajstić information content (AvgIpc) is 3.42. The van der Waals surface area contributed by atoms with E-state index in [-0.39, 0.29) is 5.17 Å². The fraction of sp³-hybridized carbons (Fsp3) is 0.381. The molecule has 26 heavy (non-hydrogen) atoms. The van der Waals surface area contributed by atoms with Crippen molar-refractivity contribution in [1.29, 1.82) is 0 Å². The molecule has 0 bridgehead atoms. The normalized spacial score (nSPS) is 13.4. The molecule has 1 aliphatic carbocycles. The van der Waals surface area contributed by atoms with E-state index >= 15 is 0 Å². The summed E-state index contributed by atoms with van der Waals surface area (Å²) in [5, 5.41) is 3.03. The molecule has 0 aliphatic heterocycles. The van der Waals surface area contributed by atoms with E-state index in [1.54, 1.807) is 0 Å². The minimum Gasteiger partial charge on any atom is -0.489 e. The highest BCUT2D eigenvalue weighted by Gasteiger charge is 2.27. The summed E-state index contributed by atoms with van der Waals surface area (Å²) in [5.41, 5.74) is 6.70. The van der Waals surface area contributed by atoms with Crippen LogP contribution in [0.4, 0.5) is 10.1 Å². The molecule has 1 fully saturated rings. The van der Waals surface area contributed by atoms with Gasteiger partial charge in [-0.05, 0) is 86.1 Å². The monoisotopic (exact) mass is 373 g/mol. The predicted octanol–water partition coefficient (Wildman–Crippen LogP) is 5.71. The molecular weight excluding hydrogens is 349 g/mol. The van der Waals surface area contributed by atoms with E-state index in [0.717, 1.165) is 22.6 Å². The molecule has 0 spiro atoms. The molecular formula is C21H24FNO2S. The van der Waals surface area contributed by atoms with Gasteiger partial charge in [0.25, 0.3) is 5.17 Å². The van der Waals surface area contributed by atoms with E-state index in [1.807, 2.05) is 12.1 Å². The van der Waals surface area contributed by atoms with Gasteiger partial charge in [-0.1, -0.05) is 18.2 Å². The number of hydrogen-bond acceptors (Lipinski definition) is 3. The number of hydrogen-bond donors (Lipinski definition) is 1. The highest BCUT2D eigenvalue weighted by atomic mass is 32.1. The molecule has 3 rings (SSSR count). The van der Waals surface area contributed by atoms with Gasteiger partial charge in [-0.15, -0.1) is 0 Å². The largest absolute Gasteiger partial charge is 0.489 e. The Bertz CT molecular complexity index is 818. The fourth-order valence-electron chi connectivity index (χ4n) is 3.09. The van der Waals surface area contributed by atoms with Crippen LogP contribution < -0.4 is 10.1 Å². The van der Waals surface area contributed by atoms with Crippen molar-refractivity contribution >= 4 is 23.1 Å². The maximum atomic E-state index is 12.4. The van der Waals surface area contributed by atoms with Gasteiger partial charge in [-0.25, -0.2) is 4.39 Å². The summed E-state index contributed by atoms with van der Waals surface area (Å²) in [5.74, 6) is 1.44. The minimum atomic E-state index is -0.943. The fourth-order valence-corrected chi connectivity index (χ4v) is 3.25. The third-order valence-electron chi connectivity index (χ3n) is 4.82. The van der Waals surface area contributed by atoms with E-state index in [4.69, 9.17) is 21.7 Å². The van der Waals surface area contributed by atoms with Crippen LogP contribution in [-0.2, 0) is 11.3 Å². The van der Waals surface area contributed by atoms with Gasteiger partial charge in [-0.2, -0.15) is 0 Å². The first kappa shape index (κ1) is 18.6. The van der Waals surface area contributed by atoms with Gasteiger partial charge in [0.15, 0.2) is 0 Å². The molecule has 1 N–H and O–H groups in total. The highest BCUT2D eigenvalue weighted by Crippen LogP contribution is 2.43. The standard InChI is InChI=1S/C21H24FNO2S/c1-13-9-15(3)20(10-14(13)2)24-11-18-17(16-7-8-16)5-4-6-19(18)23-21(26)25-12-22/h4-6,9-10,16H,7-8,11-12H2,1-3H3,(H,23,26). The van der Waals surface area contributed by atoms with Crippen molar-refractivity contribution in [2.75, 3.05) is 12.2 Å². The van der Waals surface area contributed by atoms with Crippen LogP contribution in [0.2, 0.25) is 0 Å². The Labute approximate surface area is 159 Å². The van der Waals surface area contributed by atoms with Crippen molar-refractivity contribution in [3.63, 3.8) is 0 Å². The average molecular weight is 373 g/mol. The van der Waals surface area contributed by atoms with E-state index in [0.29, 0.717) is 12.5 Å². The van der Waals surface area contributed by atoms with E-state index in [1.165, 1.54) is 29.5 Å². The number of aryl methyl sites for hydroxylation is 3. The zero-order valence-corrected chi connectivity index (χ0v) is 16.2. The number of rotatable bonds is 6. The van der Waals surface area contributed by atoms with Crippen molar-refractivity contribution in [1.82, 2.24) is 0 Å². The molecule has 0 amide bonds. The van der Waals surface area contributed by atoms with Crippen molar-refractivity contribution in [2.24, 2.45) is 0 Å². The molecule has 0 heterocycles. The minimum absolute atomic E-state index is 0.0315. The number of anilines is 1. The van der Waals surface area contributed by atoms with Crippen molar-refractivity contribution in [2.45, 2.75) is 46.1 Å². The Hall–Kier alpha value is -2.14. The Balaban J connectivity index is 1.85.